The monoisotopic (exact) mass is 462 g/mol. The number of pyridine rings is 1. The molecule has 0 spiro atoms. The van der Waals surface area contributed by atoms with Crippen LogP contribution < -0.4 is 10.5 Å². The number of amides is 1. The zero-order valence-electron chi connectivity index (χ0n) is 17.2. The van der Waals surface area contributed by atoms with Crippen molar-refractivity contribution in [3.05, 3.63) is 31.9 Å². The van der Waals surface area contributed by atoms with Crippen LogP contribution in [-0.2, 0) is 20.9 Å². The number of carboxylic acids is 1. The van der Waals surface area contributed by atoms with Crippen LogP contribution in [0, 0.1) is 18.3 Å². The van der Waals surface area contributed by atoms with Crippen molar-refractivity contribution in [2.45, 2.75) is 26.8 Å². The van der Waals surface area contributed by atoms with E-state index < -0.39 is 5.97 Å². The standard InChI is InChI=1S/C20H22N4O5S2/c1-3-23-17(22-6-8-29-9-7-22)13(12(2)14(11-21)18(23)27)10-15-19(28)24(20(30)31-15)5-4-16(25)26/h10H,3-9H2,1-2H3,(H,25,26)/b15-10+. The number of hydrogen-bond donors (Lipinski definition) is 1. The Hall–Kier alpha value is -2.68. The lowest BCUT2D eigenvalue weighted by Gasteiger charge is -2.33. The number of nitrogens with zero attached hydrogens (tertiary/aromatic N) is 4. The lowest BCUT2D eigenvalue weighted by molar-refractivity contribution is -0.137. The van der Waals surface area contributed by atoms with Gasteiger partial charge in [0.05, 0.1) is 24.5 Å². The third kappa shape index (κ3) is 4.51. The van der Waals surface area contributed by atoms with Gasteiger partial charge in [-0.2, -0.15) is 5.26 Å². The molecule has 1 aromatic rings. The maximum Gasteiger partial charge on any atom is 0.305 e. The van der Waals surface area contributed by atoms with Gasteiger partial charge in [0.1, 0.15) is 21.8 Å². The van der Waals surface area contributed by atoms with Crippen molar-refractivity contribution < 1.29 is 19.4 Å². The minimum Gasteiger partial charge on any atom is -0.481 e. The maximum atomic E-state index is 12.9. The average molecular weight is 463 g/mol. The number of morpholine rings is 1. The van der Waals surface area contributed by atoms with Gasteiger partial charge in [0.2, 0.25) is 0 Å². The minimum atomic E-state index is -1.02. The van der Waals surface area contributed by atoms with E-state index in [1.165, 1.54) is 4.90 Å². The van der Waals surface area contributed by atoms with E-state index >= 15 is 0 Å². The molecular formula is C20H22N4O5S2. The number of nitriles is 1. The summed E-state index contributed by atoms with van der Waals surface area (Å²) in [5.41, 5.74) is 0.773. The summed E-state index contributed by atoms with van der Waals surface area (Å²) >= 11 is 6.36. The summed E-state index contributed by atoms with van der Waals surface area (Å²) in [6.07, 6.45) is 1.45. The van der Waals surface area contributed by atoms with Gasteiger partial charge in [-0.1, -0.05) is 24.0 Å². The van der Waals surface area contributed by atoms with E-state index in [1.807, 2.05) is 17.9 Å². The molecule has 2 aliphatic rings. The van der Waals surface area contributed by atoms with Crippen LogP contribution in [0.4, 0.5) is 5.82 Å². The number of carbonyl (C=O) groups excluding carboxylic acids is 1. The fraction of sp³-hybridized carbons (Fsp3) is 0.450. The van der Waals surface area contributed by atoms with Gasteiger partial charge in [0.15, 0.2) is 0 Å². The molecule has 2 saturated heterocycles. The number of thioether (sulfide) groups is 1. The molecule has 0 atom stereocenters. The van der Waals surface area contributed by atoms with Crippen LogP contribution in [0.1, 0.15) is 30.0 Å². The summed E-state index contributed by atoms with van der Waals surface area (Å²) in [5.74, 6) is -0.753. The van der Waals surface area contributed by atoms with Crippen molar-refractivity contribution in [1.82, 2.24) is 9.47 Å². The molecule has 1 amide bonds. The molecule has 31 heavy (non-hydrogen) atoms. The first-order valence-electron chi connectivity index (χ1n) is 9.77. The van der Waals surface area contributed by atoms with Gasteiger partial charge in [0, 0.05) is 31.7 Å². The van der Waals surface area contributed by atoms with Gasteiger partial charge in [0.25, 0.3) is 11.5 Å². The van der Waals surface area contributed by atoms with Gasteiger partial charge in [-0.05, 0) is 25.5 Å². The molecule has 1 aromatic heterocycles. The molecule has 9 nitrogen and oxygen atoms in total. The Kier molecular flexibility index (Phi) is 7.15. The Bertz CT molecular complexity index is 1070. The van der Waals surface area contributed by atoms with Gasteiger partial charge < -0.3 is 14.7 Å². The molecule has 0 bridgehead atoms. The van der Waals surface area contributed by atoms with E-state index in [0.717, 1.165) is 11.8 Å². The molecule has 0 saturated carbocycles. The van der Waals surface area contributed by atoms with Gasteiger partial charge in [-0.25, -0.2) is 0 Å². The third-order valence-electron chi connectivity index (χ3n) is 5.17. The number of anilines is 1. The van der Waals surface area contributed by atoms with Crippen molar-refractivity contribution in [3.63, 3.8) is 0 Å². The number of aromatic nitrogens is 1. The number of hydrogen-bond acceptors (Lipinski definition) is 8. The number of carbonyl (C=O) groups is 2. The Morgan fingerprint density at radius 2 is 2.03 bits per heavy atom. The highest BCUT2D eigenvalue weighted by Crippen LogP contribution is 2.36. The van der Waals surface area contributed by atoms with E-state index in [2.05, 4.69) is 0 Å². The summed E-state index contributed by atoms with van der Waals surface area (Å²) in [6.45, 7) is 6.04. The van der Waals surface area contributed by atoms with Crippen LogP contribution >= 0.6 is 24.0 Å². The average Bonchev–Trinajstić information content (AvgIpc) is 3.01. The normalized spacial score (nSPS) is 18.0. The second-order valence-corrected chi connectivity index (χ2v) is 8.65. The summed E-state index contributed by atoms with van der Waals surface area (Å²) in [7, 11) is 0. The SMILES string of the molecule is CCn1c(N2CCOCC2)c(/C=C2/SC(=S)N(CCC(=O)O)C2=O)c(C)c(C#N)c1=O. The van der Waals surface area contributed by atoms with Crippen molar-refractivity contribution in [3.8, 4) is 6.07 Å². The molecule has 2 aliphatic heterocycles. The number of aliphatic carboxylic acids is 1. The Labute approximate surface area is 188 Å². The van der Waals surface area contributed by atoms with E-state index in [1.54, 1.807) is 17.6 Å². The number of thiocarbonyl (C=S) groups is 1. The second-order valence-electron chi connectivity index (χ2n) is 6.98. The number of rotatable bonds is 6. The van der Waals surface area contributed by atoms with Crippen LogP contribution in [-0.4, -0.2) is 63.6 Å². The largest absolute Gasteiger partial charge is 0.481 e. The molecule has 0 aliphatic carbocycles. The zero-order chi connectivity index (χ0) is 22.7. The summed E-state index contributed by atoms with van der Waals surface area (Å²) < 4.78 is 7.27. The van der Waals surface area contributed by atoms with E-state index in [9.17, 15) is 19.6 Å². The van der Waals surface area contributed by atoms with E-state index in [-0.39, 0.29) is 34.3 Å². The highest BCUT2D eigenvalue weighted by Gasteiger charge is 2.33. The topological polar surface area (TPSA) is 116 Å². The summed E-state index contributed by atoms with van der Waals surface area (Å²) in [4.78, 5) is 40.3. The first-order valence-corrected chi connectivity index (χ1v) is 11.0. The Morgan fingerprint density at radius 1 is 1.35 bits per heavy atom. The zero-order valence-corrected chi connectivity index (χ0v) is 18.8. The van der Waals surface area contributed by atoms with E-state index in [0.29, 0.717) is 54.7 Å². The molecular weight excluding hydrogens is 440 g/mol. The number of carboxylic acid groups (broad SMARTS) is 1. The molecule has 0 radical (unpaired) electrons. The predicted octanol–water partition coefficient (Wildman–Crippen LogP) is 1.56. The van der Waals surface area contributed by atoms with Gasteiger partial charge >= 0.3 is 5.97 Å². The minimum absolute atomic E-state index is 0.00938. The van der Waals surface area contributed by atoms with Crippen LogP contribution in [0.15, 0.2) is 9.70 Å². The maximum absolute atomic E-state index is 12.9. The molecule has 164 valence electrons. The number of ether oxygens (including phenoxy) is 1. The van der Waals surface area contributed by atoms with Crippen LogP contribution in [0.3, 0.4) is 0 Å². The smallest absolute Gasteiger partial charge is 0.305 e. The highest BCUT2D eigenvalue weighted by molar-refractivity contribution is 8.26. The van der Waals surface area contributed by atoms with Crippen molar-refractivity contribution in [2.75, 3.05) is 37.7 Å². The van der Waals surface area contributed by atoms with Crippen molar-refractivity contribution in [1.29, 1.82) is 5.26 Å². The summed E-state index contributed by atoms with van der Waals surface area (Å²) in [6, 6.07) is 2.00. The molecule has 0 aromatic carbocycles. The van der Waals surface area contributed by atoms with Crippen LogP contribution in [0.25, 0.3) is 6.08 Å². The second kappa shape index (κ2) is 9.64. The van der Waals surface area contributed by atoms with Crippen LogP contribution in [0.2, 0.25) is 0 Å². The Balaban J connectivity index is 2.15. The fourth-order valence-corrected chi connectivity index (χ4v) is 4.88. The molecule has 3 rings (SSSR count). The molecule has 1 N–H and O–H groups in total. The molecule has 2 fully saturated rings. The quantitative estimate of drug-likeness (QED) is 0.497. The van der Waals surface area contributed by atoms with Crippen LogP contribution in [0.5, 0.6) is 0 Å². The van der Waals surface area contributed by atoms with Crippen molar-refractivity contribution >= 4 is 52.1 Å². The van der Waals surface area contributed by atoms with Gasteiger partial charge in [-0.3, -0.25) is 23.9 Å². The first kappa shape index (κ1) is 23.0. The highest BCUT2D eigenvalue weighted by atomic mass is 32.2. The molecule has 0 unspecified atom stereocenters. The lowest BCUT2D eigenvalue weighted by Crippen LogP contribution is -2.41. The molecule has 11 heteroatoms. The Morgan fingerprint density at radius 3 is 2.61 bits per heavy atom. The summed E-state index contributed by atoms with van der Waals surface area (Å²) in [5, 5.41) is 18.5. The predicted molar refractivity (Wildman–Crippen MR) is 121 cm³/mol. The molecule has 3 heterocycles. The van der Waals surface area contributed by atoms with Crippen molar-refractivity contribution in [2.24, 2.45) is 0 Å². The van der Waals surface area contributed by atoms with Gasteiger partial charge in [-0.15, -0.1) is 0 Å². The lowest BCUT2D eigenvalue weighted by atomic mass is 10.0. The fourth-order valence-electron chi connectivity index (χ4n) is 3.58. The first-order chi connectivity index (χ1) is 14.8. The van der Waals surface area contributed by atoms with E-state index in [4.69, 9.17) is 22.1 Å². The third-order valence-corrected chi connectivity index (χ3v) is 6.55.